The Morgan fingerprint density at radius 2 is 2.15 bits per heavy atom. The van der Waals surface area contributed by atoms with E-state index >= 15 is 0 Å². The third-order valence-corrected chi connectivity index (χ3v) is 4.74. The smallest absolute Gasteiger partial charge is 0.329 e. The Morgan fingerprint density at radius 3 is 2.85 bits per heavy atom. The number of aliphatic carboxylic acids is 1. The number of aliphatic imine (C=N–C) groups is 1. The van der Waals surface area contributed by atoms with Gasteiger partial charge in [-0.2, -0.15) is 0 Å². The van der Waals surface area contributed by atoms with Crippen LogP contribution in [0, 0.1) is 0 Å². The summed E-state index contributed by atoms with van der Waals surface area (Å²) in [4.78, 5) is 19.5. The lowest BCUT2D eigenvalue weighted by Gasteiger charge is -1.99. The zero-order chi connectivity index (χ0) is 14.1. The first-order valence-electron chi connectivity index (χ1n) is 5.83. The van der Waals surface area contributed by atoms with E-state index in [0.717, 1.165) is 0 Å². The van der Waals surface area contributed by atoms with Crippen LogP contribution in [0.3, 0.4) is 0 Å². The van der Waals surface area contributed by atoms with E-state index in [1.54, 1.807) is 18.2 Å². The molecule has 1 aromatic heterocycles. The topological polar surface area (TPSA) is 82.8 Å². The van der Waals surface area contributed by atoms with Crippen molar-refractivity contribution in [1.29, 1.82) is 0 Å². The number of aromatic hydroxyl groups is 1. The normalized spacial score (nSPS) is 18.0. The van der Waals surface area contributed by atoms with Crippen molar-refractivity contribution in [2.24, 2.45) is 4.99 Å². The van der Waals surface area contributed by atoms with Crippen LogP contribution in [0.1, 0.15) is 5.69 Å². The van der Waals surface area contributed by atoms with E-state index in [2.05, 4.69) is 9.98 Å². The lowest BCUT2D eigenvalue weighted by molar-refractivity contribution is -0.137. The van der Waals surface area contributed by atoms with Gasteiger partial charge >= 0.3 is 5.97 Å². The fourth-order valence-electron chi connectivity index (χ4n) is 1.79. The maximum absolute atomic E-state index is 10.9. The Hall–Kier alpha value is -1.86. The SMILES string of the molecule is O=C(O)[C@@H]1CSC(c2csc(-c3ccccc3O)n2)=N1. The predicted molar refractivity (Wildman–Crippen MR) is 79.6 cm³/mol. The number of phenolic OH excluding ortho intramolecular Hbond substituents is 1. The van der Waals surface area contributed by atoms with Gasteiger partial charge in [0.25, 0.3) is 0 Å². The van der Waals surface area contributed by atoms with Crippen molar-refractivity contribution in [3.05, 3.63) is 35.3 Å². The zero-order valence-corrected chi connectivity index (χ0v) is 11.8. The van der Waals surface area contributed by atoms with Gasteiger partial charge < -0.3 is 10.2 Å². The average molecular weight is 306 g/mol. The molecule has 0 saturated carbocycles. The number of hydrogen-bond acceptors (Lipinski definition) is 6. The largest absolute Gasteiger partial charge is 0.507 e. The molecule has 1 atom stereocenters. The van der Waals surface area contributed by atoms with Crippen molar-refractivity contribution in [3.8, 4) is 16.3 Å². The molecule has 1 aliphatic heterocycles. The Balaban J connectivity index is 1.90. The standard InChI is InChI=1S/C13H10N2O3S2/c16-10-4-2-1-3-7(10)11-14-8(5-19-11)12-15-9(6-20-12)13(17)18/h1-5,9,16H,6H2,(H,17,18)/t9-/m0/s1. The van der Waals surface area contributed by atoms with Crippen molar-refractivity contribution >= 4 is 34.1 Å². The molecule has 2 N–H and O–H groups in total. The monoisotopic (exact) mass is 306 g/mol. The van der Waals surface area contributed by atoms with Gasteiger partial charge in [0.2, 0.25) is 0 Å². The number of benzene rings is 1. The van der Waals surface area contributed by atoms with Crippen LogP contribution in [0.2, 0.25) is 0 Å². The Morgan fingerprint density at radius 1 is 1.35 bits per heavy atom. The van der Waals surface area contributed by atoms with Crippen molar-refractivity contribution in [2.45, 2.75) is 6.04 Å². The third-order valence-electron chi connectivity index (χ3n) is 2.79. The molecule has 0 spiro atoms. The van der Waals surface area contributed by atoms with E-state index in [1.807, 2.05) is 11.4 Å². The number of para-hydroxylation sites is 1. The number of nitrogens with zero attached hydrogens (tertiary/aromatic N) is 2. The molecule has 0 unspecified atom stereocenters. The highest BCUT2D eigenvalue weighted by Gasteiger charge is 2.26. The number of thioether (sulfide) groups is 1. The fourth-order valence-corrected chi connectivity index (χ4v) is 3.69. The molecule has 1 aliphatic rings. The van der Waals surface area contributed by atoms with Gasteiger partial charge in [-0.15, -0.1) is 23.1 Å². The van der Waals surface area contributed by atoms with E-state index in [-0.39, 0.29) is 5.75 Å². The van der Waals surface area contributed by atoms with E-state index in [1.165, 1.54) is 23.1 Å². The third kappa shape index (κ3) is 2.41. The average Bonchev–Trinajstić information content (AvgIpc) is 3.08. The highest BCUT2D eigenvalue weighted by atomic mass is 32.2. The highest BCUT2D eigenvalue weighted by molar-refractivity contribution is 8.14. The van der Waals surface area contributed by atoms with Gasteiger partial charge in [0.05, 0.1) is 5.56 Å². The number of rotatable bonds is 3. The Kier molecular flexibility index (Phi) is 3.45. The van der Waals surface area contributed by atoms with E-state index in [4.69, 9.17) is 5.11 Å². The van der Waals surface area contributed by atoms with Crippen LogP contribution in [0.15, 0.2) is 34.6 Å². The van der Waals surface area contributed by atoms with Crippen molar-refractivity contribution in [3.63, 3.8) is 0 Å². The minimum atomic E-state index is -0.913. The van der Waals surface area contributed by atoms with Crippen molar-refractivity contribution < 1.29 is 15.0 Å². The molecule has 0 fully saturated rings. The molecule has 0 saturated heterocycles. The van der Waals surface area contributed by atoms with Gasteiger partial charge in [0.15, 0.2) is 6.04 Å². The van der Waals surface area contributed by atoms with Crippen LogP contribution in [0.5, 0.6) is 5.75 Å². The summed E-state index contributed by atoms with van der Waals surface area (Å²) in [5, 5.41) is 21.9. The van der Waals surface area contributed by atoms with Gasteiger partial charge in [0.1, 0.15) is 21.5 Å². The van der Waals surface area contributed by atoms with Crippen LogP contribution >= 0.6 is 23.1 Å². The molecule has 20 heavy (non-hydrogen) atoms. The number of phenols is 1. The summed E-state index contributed by atoms with van der Waals surface area (Å²) in [6, 6.07) is 6.30. The minimum absolute atomic E-state index is 0.179. The molecule has 0 bridgehead atoms. The molecular weight excluding hydrogens is 296 g/mol. The van der Waals surface area contributed by atoms with Gasteiger partial charge in [-0.25, -0.2) is 9.78 Å². The number of thiazole rings is 1. The lowest BCUT2D eigenvalue weighted by Crippen LogP contribution is -2.17. The molecule has 102 valence electrons. The number of hydrogen-bond donors (Lipinski definition) is 2. The van der Waals surface area contributed by atoms with E-state index in [9.17, 15) is 9.90 Å². The van der Waals surface area contributed by atoms with Crippen LogP contribution < -0.4 is 0 Å². The molecule has 7 heteroatoms. The molecule has 2 heterocycles. The minimum Gasteiger partial charge on any atom is -0.507 e. The van der Waals surface area contributed by atoms with E-state index < -0.39 is 12.0 Å². The lowest BCUT2D eigenvalue weighted by atomic mass is 10.2. The first kappa shape index (κ1) is 13.1. The first-order chi connectivity index (χ1) is 9.65. The second kappa shape index (κ2) is 5.26. The summed E-state index contributed by atoms with van der Waals surface area (Å²) in [7, 11) is 0. The van der Waals surface area contributed by atoms with Gasteiger partial charge in [-0.05, 0) is 12.1 Å². The molecule has 3 rings (SSSR count). The number of carbonyl (C=O) groups is 1. The maximum Gasteiger partial charge on any atom is 0.329 e. The molecule has 0 aliphatic carbocycles. The Labute approximate surface area is 123 Å². The van der Waals surface area contributed by atoms with Crippen molar-refractivity contribution in [2.75, 3.05) is 5.75 Å². The molecular formula is C13H10N2O3S2. The van der Waals surface area contributed by atoms with Crippen molar-refractivity contribution in [1.82, 2.24) is 4.98 Å². The van der Waals surface area contributed by atoms with E-state index in [0.29, 0.717) is 27.1 Å². The summed E-state index contributed by atoms with van der Waals surface area (Å²) in [5.74, 6) is -0.296. The zero-order valence-electron chi connectivity index (χ0n) is 10.2. The van der Waals surface area contributed by atoms with Gasteiger partial charge in [-0.3, -0.25) is 4.99 Å². The fraction of sp³-hybridized carbons (Fsp3) is 0.154. The summed E-state index contributed by atoms with van der Waals surface area (Å²) in [5.41, 5.74) is 1.34. The molecule has 5 nitrogen and oxygen atoms in total. The summed E-state index contributed by atoms with van der Waals surface area (Å²) in [6.07, 6.45) is 0. The van der Waals surface area contributed by atoms with Crippen LogP contribution in [-0.4, -0.2) is 38.0 Å². The molecule has 0 radical (unpaired) electrons. The first-order valence-corrected chi connectivity index (χ1v) is 7.69. The maximum atomic E-state index is 10.9. The number of carboxylic acids is 1. The van der Waals surface area contributed by atoms with Crippen LogP contribution in [0.4, 0.5) is 0 Å². The van der Waals surface area contributed by atoms with Crippen LogP contribution in [-0.2, 0) is 4.79 Å². The number of carboxylic acid groups (broad SMARTS) is 1. The quantitative estimate of drug-likeness (QED) is 0.910. The van der Waals surface area contributed by atoms with Crippen LogP contribution in [0.25, 0.3) is 10.6 Å². The second-order valence-corrected chi connectivity index (χ2v) is 6.02. The van der Waals surface area contributed by atoms with Gasteiger partial charge in [-0.1, -0.05) is 12.1 Å². The summed E-state index contributed by atoms with van der Waals surface area (Å²) >= 11 is 2.80. The highest BCUT2D eigenvalue weighted by Crippen LogP contribution is 2.33. The molecule has 1 aromatic carbocycles. The second-order valence-electron chi connectivity index (χ2n) is 4.15. The molecule has 0 amide bonds. The summed E-state index contributed by atoms with van der Waals surface area (Å²) < 4.78 is 0. The predicted octanol–water partition coefficient (Wildman–Crippen LogP) is 2.46. The summed E-state index contributed by atoms with van der Waals surface area (Å²) in [6.45, 7) is 0. The Bertz CT molecular complexity index is 696. The van der Waals surface area contributed by atoms with Gasteiger partial charge in [0, 0.05) is 11.1 Å². The number of aromatic nitrogens is 1. The molecule has 2 aromatic rings.